The number of carbonyl (C=O) groups excluding carboxylic acids is 1. The molecule has 0 spiro atoms. The van der Waals surface area contributed by atoms with E-state index in [1.165, 1.54) is 16.4 Å². The SMILES string of the molecule is CC(=NNC(=O)c1ccc(CN(Cc2ccccc2)S(=O)(=O)c2ccc(Cl)cc2)cc1)c1ccc(-n2ccnc2)cc1. The molecule has 0 unspecified atom stereocenters. The number of hydrogen-bond acceptors (Lipinski definition) is 5. The summed E-state index contributed by atoms with van der Waals surface area (Å²) in [6.45, 7) is 2.12. The van der Waals surface area contributed by atoms with Gasteiger partial charge in [0.15, 0.2) is 0 Å². The van der Waals surface area contributed by atoms with E-state index in [-0.39, 0.29) is 23.9 Å². The first-order valence-electron chi connectivity index (χ1n) is 13.1. The van der Waals surface area contributed by atoms with Crippen molar-refractivity contribution in [2.24, 2.45) is 5.10 Å². The lowest BCUT2D eigenvalue weighted by Crippen LogP contribution is -2.30. The van der Waals surface area contributed by atoms with Crippen molar-refractivity contribution in [3.63, 3.8) is 0 Å². The largest absolute Gasteiger partial charge is 0.306 e. The third-order valence-corrected chi connectivity index (χ3v) is 8.70. The first-order chi connectivity index (χ1) is 20.3. The van der Waals surface area contributed by atoms with Gasteiger partial charge in [0.1, 0.15) is 0 Å². The van der Waals surface area contributed by atoms with Crippen molar-refractivity contribution in [3.05, 3.63) is 149 Å². The zero-order chi connectivity index (χ0) is 29.5. The van der Waals surface area contributed by atoms with Crippen LogP contribution in [0.2, 0.25) is 5.02 Å². The summed E-state index contributed by atoms with van der Waals surface area (Å²) >= 11 is 5.98. The van der Waals surface area contributed by atoms with E-state index in [0.29, 0.717) is 16.3 Å². The molecule has 0 atom stereocenters. The summed E-state index contributed by atoms with van der Waals surface area (Å²) < 4.78 is 30.5. The molecule has 5 aromatic rings. The van der Waals surface area contributed by atoms with Gasteiger partial charge >= 0.3 is 0 Å². The zero-order valence-corrected chi connectivity index (χ0v) is 24.3. The molecule has 8 nitrogen and oxygen atoms in total. The van der Waals surface area contributed by atoms with Crippen LogP contribution in [0.3, 0.4) is 0 Å². The topological polar surface area (TPSA) is 96.7 Å². The Hall–Kier alpha value is -4.57. The quantitative estimate of drug-likeness (QED) is 0.156. The molecular weight excluding hydrogens is 570 g/mol. The van der Waals surface area contributed by atoms with Gasteiger partial charge in [0.25, 0.3) is 5.91 Å². The summed E-state index contributed by atoms with van der Waals surface area (Å²) in [5.41, 5.74) is 7.09. The van der Waals surface area contributed by atoms with Crippen molar-refractivity contribution in [1.29, 1.82) is 0 Å². The molecule has 0 saturated carbocycles. The second-order valence-electron chi connectivity index (χ2n) is 9.56. The number of nitrogens with zero attached hydrogens (tertiary/aromatic N) is 4. The van der Waals surface area contributed by atoms with Crippen LogP contribution in [0.25, 0.3) is 5.69 Å². The summed E-state index contributed by atoms with van der Waals surface area (Å²) in [5, 5.41) is 4.71. The second kappa shape index (κ2) is 12.9. The summed E-state index contributed by atoms with van der Waals surface area (Å²) in [7, 11) is -3.83. The van der Waals surface area contributed by atoms with E-state index in [9.17, 15) is 13.2 Å². The Labute approximate surface area is 250 Å². The fourth-order valence-electron chi connectivity index (χ4n) is 4.28. The number of hydrazone groups is 1. The van der Waals surface area contributed by atoms with Gasteiger partial charge in [-0.25, -0.2) is 18.8 Å². The van der Waals surface area contributed by atoms with Gasteiger partial charge in [-0.05, 0) is 72.1 Å². The molecule has 1 N–H and O–H groups in total. The lowest BCUT2D eigenvalue weighted by molar-refractivity contribution is 0.0954. The predicted octanol–water partition coefficient (Wildman–Crippen LogP) is 6.07. The zero-order valence-electron chi connectivity index (χ0n) is 22.8. The molecule has 0 saturated heterocycles. The number of nitrogens with one attached hydrogen (secondary N) is 1. The van der Waals surface area contributed by atoms with Crippen LogP contribution in [-0.4, -0.2) is 33.9 Å². The Bertz CT molecular complexity index is 1770. The Morgan fingerprint density at radius 3 is 2.10 bits per heavy atom. The van der Waals surface area contributed by atoms with Crippen LogP contribution in [0.1, 0.15) is 34.0 Å². The van der Waals surface area contributed by atoms with Crippen LogP contribution < -0.4 is 5.43 Å². The third kappa shape index (κ3) is 7.01. The molecule has 0 radical (unpaired) electrons. The average Bonchev–Trinajstić information content (AvgIpc) is 3.56. The number of hydrogen-bond donors (Lipinski definition) is 1. The number of halogens is 1. The van der Waals surface area contributed by atoms with Gasteiger partial charge in [-0.3, -0.25) is 4.79 Å². The Kier molecular flexibility index (Phi) is 8.92. The maximum atomic E-state index is 13.6. The first kappa shape index (κ1) is 28.9. The number of aromatic nitrogens is 2. The van der Waals surface area contributed by atoms with Crippen molar-refractivity contribution < 1.29 is 13.2 Å². The molecule has 42 heavy (non-hydrogen) atoms. The van der Waals surface area contributed by atoms with Gasteiger partial charge in [-0.2, -0.15) is 9.41 Å². The number of imidazole rings is 1. The summed E-state index contributed by atoms with van der Waals surface area (Å²) in [5.74, 6) is -0.370. The summed E-state index contributed by atoms with van der Waals surface area (Å²) in [4.78, 5) is 17.0. The van der Waals surface area contributed by atoms with Gasteiger partial charge in [-0.1, -0.05) is 66.2 Å². The van der Waals surface area contributed by atoms with Crippen molar-refractivity contribution in [2.75, 3.05) is 0 Å². The monoisotopic (exact) mass is 597 g/mol. The highest BCUT2D eigenvalue weighted by molar-refractivity contribution is 7.89. The van der Waals surface area contributed by atoms with Gasteiger partial charge < -0.3 is 4.57 Å². The molecule has 0 bridgehead atoms. The van der Waals surface area contributed by atoms with Crippen LogP contribution in [0.5, 0.6) is 0 Å². The lowest BCUT2D eigenvalue weighted by atomic mass is 10.1. The highest BCUT2D eigenvalue weighted by atomic mass is 35.5. The van der Waals surface area contributed by atoms with Crippen LogP contribution in [-0.2, 0) is 23.1 Å². The molecule has 10 heteroatoms. The van der Waals surface area contributed by atoms with Crippen molar-refractivity contribution >= 4 is 33.2 Å². The Morgan fingerprint density at radius 2 is 1.48 bits per heavy atom. The second-order valence-corrected chi connectivity index (χ2v) is 11.9. The number of rotatable bonds is 10. The van der Waals surface area contributed by atoms with Gasteiger partial charge in [-0.15, -0.1) is 0 Å². The first-order valence-corrected chi connectivity index (χ1v) is 14.9. The maximum Gasteiger partial charge on any atom is 0.271 e. The highest BCUT2D eigenvalue weighted by Gasteiger charge is 2.25. The van der Waals surface area contributed by atoms with E-state index in [1.807, 2.05) is 72.3 Å². The standard InChI is InChI=1S/C32H28ClN5O3S/c1-24(27-11-15-30(16-12-27)37-20-19-34-23-37)35-36-32(39)28-9-7-26(8-10-28)22-38(21-25-5-3-2-4-6-25)42(40,41)31-17-13-29(33)14-18-31/h2-20,23H,21-22H2,1H3,(H,36,39). The minimum atomic E-state index is -3.83. The fraction of sp³-hybridized carbons (Fsp3) is 0.0938. The predicted molar refractivity (Wildman–Crippen MR) is 164 cm³/mol. The Morgan fingerprint density at radius 1 is 0.857 bits per heavy atom. The molecule has 0 aliphatic carbocycles. The van der Waals surface area contributed by atoms with Gasteiger partial charge in [0.05, 0.1) is 16.9 Å². The highest BCUT2D eigenvalue weighted by Crippen LogP contribution is 2.23. The van der Waals surface area contributed by atoms with Crippen LogP contribution in [0, 0.1) is 0 Å². The molecule has 1 heterocycles. The van der Waals surface area contributed by atoms with Gasteiger partial charge in [0.2, 0.25) is 10.0 Å². The summed E-state index contributed by atoms with van der Waals surface area (Å²) in [6, 6.07) is 30.1. The third-order valence-electron chi connectivity index (χ3n) is 6.64. The fourth-order valence-corrected chi connectivity index (χ4v) is 5.83. The molecule has 1 aromatic heterocycles. The number of sulfonamides is 1. The molecule has 0 fully saturated rings. The molecular formula is C32H28ClN5O3S. The number of carbonyl (C=O) groups is 1. The summed E-state index contributed by atoms with van der Waals surface area (Å²) in [6.07, 6.45) is 5.30. The van der Waals surface area contributed by atoms with E-state index in [2.05, 4.69) is 15.5 Å². The van der Waals surface area contributed by atoms with E-state index < -0.39 is 10.0 Å². The Balaban J connectivity index is 1.28. The van der Waals surface area contributed by atoms with Crippen molar-refractivity contribution in [1.82, 2.24) is 19.3 Å². The smallest absolute Gasteiger partial charge is 0.271 e. The van der Waals surface area contributed by atoms with E-state index >= 15 is 0 Å². The van der Waals surface area contributed by atoms with Crippen molar-refractivity contribution in [3.8, 4) is 5.69 Å². The molecule has 1 amide bonds. The molecule has 0 aliphatic rings. The van der Waals surface area contributed by atoms with E-state index in [4.69, 9.17) is 11.6 Å². The maximum absolute atomic E-state index is 13.6. The minimum Gasteiger partial charge on any atom is -0.306 e. The normalized spacial score (nSPS) is 11.9. The molecule has 4 aromatic carbocycles. The van der Waals surface area contributed by atoms with E-state index in [1.54, 1.807) is 48.9 Å². The van der Waals surface area contributed by atoms with Crippen LogP contribution in [0.4, 0.5) is 0 Å². The molecule has 212 valence electrons. The number of benzene rings is 4. The van der Waals surface area contributed by atoms with Crippen LogP contribution in [0.15, 0.2) is 132 Å². The van der Waals surface area contributed by atoms with Gasteiger partial charge in [0, 0.05) is 41.8 Å². The average molecular weight is 598 g/mol. The molecule has 5 rings (SSSR count). The van der Waals surface area contributed by atoms with E-state index in [0.717, 1.165) is 22.4 Å². The number of amides is 1. The minimum absolute atomic E-state index is 0.119. The van der Waals surface area contributed by atoms with Crippen molar-refractivity contribution in [2.45, 2.75) is 24.9 Å². The molecule has 0 aliphatic heterocycles. The lowest BCUT2D eigenvalue weighted by Gasteiger charge is -2.23. The van der Waals surface area contributed by atoms with Crippen LogP contribution >= 0.6 is 11.6 Å².